The van der Waals surface area contributed by atoms with Gasteiger partial charge in [0.2, 0.25) is 17.7 Å². The third-order valence-electron chi connectivity index (χ3n) is 7.46. The number of nitrogens with one attached hydrogen (secondary N) is 2. The fraction of sp³-hybridized carbons (Fsp3) is 0.520. The van der Waals surface area contributed by atoms with Crippen molar-refractivity contribution in [3.63, 3.8) is 0 Å². The fourth-order valence-corrected chi connectivity index (χ4v) is 5.87. The third kappa shape index (κ3) is 3.92. The van der Waals surface area contributed by atoms with E-state index in [0.29, 0.717) is 38.4 Å². The molecule has 3 amide bonds. The Bertz CT molecular complexity index is 989. The molecule has 1 aromatic rings. The molecule has 2 aliphatic heterocycles. The lowest BCUT2D eigenvalue weighted by Gasteiger charge is -2.19. The highest BCUT2D eigenvalue weighted by molar-refractivity contribution is 6.06. The molecule has 0 spiro atoms. The minimum Gasteiger partial charge on any atom is -0.356 e. The quantitative estimate of drug-likeness (QED) is 0.215. The van der Waals surface area contributed by atoms with Crippen LogP contribution >= 0.6 is 0 Å². The zero-order valence-electron chi connectivity index (χ0n) is 19.0. The molecule has 2 heterocycles. The molecule has 33 heavy (non-hydrogen) atoms. The molecule has 0 radical (unpaired) electrons. The molecule has 2 bridgehead atoms. The van der Waals surface area contributed by atoms with Crippen molar-refractivity contribution >= 4 is 29.4 Å². The van der Waals surface area contributed by atoms with E-state index in [1.807, 2.05) is 23.1 Å². The number of guanidine groups is 1. The van der Waals surface area contributed by atoms with Gasteiger partial charge >= 0.3 is 0 Å². The number of amides is 3. The number of hydrogen-bond donors (Lipinski definition) is 2. The van der Waals surface area contributed by atoms with Gasteiger partial charge in [-0.3, -0.25) is 24.3 Å². The number of anilines is 1. The van der Waals surface area contributed by atoms with Crippen LogP contribution in [0, 0.1) is 23.7 Å². The van der Waals surface area contributed by atoms with Crippen molar-refractivity contribution in [2.24, 2.45) is 28.7 Å². The van der Waals surface area contributed by atoms with Gasteiger partial charge in [0.05, 0.1) is 11.8 Å². The van der Waals surface area contributed by atoms with Crippen LogP contribution < -0.4 is 15.5 Å². The van der Waals surface area contributed by atoms with Crippen molar-refractivity contribution in [1.82, 2.24) is 15.5 Å². The normalized spacial score (nSPS) is 27.4. The van der Waals surface area contributed by atoms with Gasteiger partial charge in [-0.15, -0.1) is 0 Å². The number of imide groups is 1. The van der Waals surface area contributed by atoms with E-state index in [-0.39, 0.29) is 41.4 Å². The highest BCUT2D eigenvalue weighted by Gasteiger charge is 2.58. The molecule has 4 unspecified atom stereocenters. The summed E-state index contributed by atoms with van der Waals surface area (Å²) in [5.41, 5.74) is 2.27. The molecule has 1 saturated carbocycles. The molecule has 5 rings (SSSR count). The van der Waals surface area contributed by atoms with Crippen LogP contribution in [-0.2, 0) is 20.8 Å². The molecule has 1 aromatic carbocycles. The van der Waals surface area contributed by atoms with Crippen LogP contribution in [0.2, 0.25) is 0 Å². The second-order valence-electron chi connectivity index (χ2n) is 9.28. The number of fused-ring (bicyclic) bond motifs is 6. The topological polar surface area (TPSA) is 94.1 Å². The number of nitrogens with zero attached hydrogens (tertiary/aromatic N) is 3. The summed E-state index contributed by atoms with van der Waals surface area (Å²) in [6, 6.07) is 8.07. The van der Waals surface area contributed by atoms with Gasteiger partial charge in [0.1, 0.15) is 0 Å². The first-order valence-electron chi connectivity index (χ1n) is 11.9. The summed E-state index contributed by atoms with van der Waals surface area (Å²) in [5.74, 6) is 0.887. The summed E-state index contributed by atoms with van der Waals surface area (Å²) in [6.45, 7) is 2.16. The summed E-state index contributed by atoms with van der Waals surface area (Å²) >= 11 is 0. The number of hydrogen-bond acceptors (Lipinski definition) is 4. The zero-order chi connectivity index (χ0) is 22.9. The lowest BCUT2D eigenvalue weighted by molar-refractivity contribution is -0.140. The Morgan fingerprint density at radius 3 is 2.48 bits per heavy atom. The first kappa shape index (κ1) is 21.7. The van der Waals surface area contributed by atoms with Crippen molar-refractivity contribution in [2.45, 2.75) is 25.7 Å². The van der Waals surface area contributed by atoms with Gasteiger partial charge in [-0.05, 0) is 42.7 Å². The summed E-state index contributed by atoms with van der Waals surface area (Å²) in [4.78, 5) is 45.6. The standard InChI is InChI=1S/C25H31N5O3/c1-26-25(27-11-4-7-20(31)29-13-10-16-5-2-3-6-19(16)29)28-12-14-30-23(32)21-17-8-9-18(15-17)22(21)24(30)33/h2-3,5-6,8-9,17-18,21-22H,4,7,10-15H2,1H3,(H2,26,27,28). The molecular weight excluding hydrogens is 418 g/mol. The van der Waals surface area contributed by atoms with Crippen molar-refractivity contribution in [3.05, 3.63) is 42.0 Å². The third-order valence-corrected chi connectivity index (χ3v) is 7.46. The maximum atomic E-state index is 12.8. The number of benzene rings is 1. The number of carbonyl (C=O) groups is 3. The van der Waals surface area contributed by atoms with Gasteiger partial charge in [-0.1, -0.05) is 30.4 Å². The van der Waals surface area contributed by atoms with Crippen molar-refractivity contribution in [3.8, 4) is 0 Å². The predicted octanol–water partition coefficient (Wildman–Crippen LogP) is 1.33. The Morgan fingerprint density at radius 2 is 1.76 bits per heavy atom. The van der Waals surface area contributed by atoms with Crippen LogP contribution in [0.1, 0.15) is 24.8 Å². The molecule has 4 aliphatic rings. The number of allylic oxidation sites excluding steroid dienone is 2. The molecule has 174 valence electrons. The van der Waals surface area contributed by atoms with Crippen LogP contribution in [-0.4, -0.2) is 61.8 Å². The molecule has 8 heteroatoms. The monoisotopic (exact) mass is 449 g/mol. The number of carbonyl (C=O) groups excluding carboxylic acids is 3. The molecule has 2 aliphatic carbocycles. The summed E-state index contributed by atoms with van der Waals surface area (Å²) in [5, 5.41) is 6.40. The fourth-order valence-electron chi connectivity index (χ4n) is 5.87. The maximum absolute atomic E-state index is 12.8. The van der Waals surface area contributed by atoms with Crippen LogP contribution in [0.5, 0.6) is 0 Å². The SMILES string of the molecule is CN=C(NCCCC(=O)N1CCc2ccccc21)NCCN1C(=O)C2C3C=CC(C3)C2C1=O. The second kappa shape index (κ2) is 9.00. The summed E-state index contributed by atoms with van der Waals surface area (Å²) < 4.78 is 0. The Labute approximate surface area is 194 Å². The Hall–Kier alpha value is -3.16. The lowest BCUT2D eigenvalue weighted by Crippen LogP contribution is -2.44. The van der Waals surface area contributed by atoms with Crippen LogP contribution in [0.4, 0.5) is 5.69 Å². The van der Waals surface area contributed by atoms with E-state index in [1.54, 1.807) is 7.05 Å². The van der Waals surface area contributed by atoms with E-state index in [9.17, 15) is 14.4 Å². The summed E-state index contributed by atoms with van der Waals surface area (Å²) in [7, 11) is 1.68. The number of likely N-dealkylation sites (tertiary alicyclic amines) is 1. The lowest BCUT2D eigenvalue weighted by atomic mass is 9.85. The Morgan fingerprint density at radius 1 is 1.06 bits per heavy atom. The van der Waals surface area contributed by atoms with E-state index in [4.69, 9.17) is 0 Å². The number of aliphatic imine (C=N–C) groups is 1. The van der Waals surface area contributed by atoms with E-state index >= 15 is 0 Å². The molecule has 0 aromatic heterocycles. The van der Waals surface area contributed by atoms with Crippen molar-refractivity contribution in [1.29, 1.82) is 0 Å². The Kier molecular flexibility index (Phi) is 5.91. The molecule has 2 N–H and O–H groups in total. The van der Waals surface area contributed by atoms with Crippen molar-refractivity contribution < 1.29 is 14.4 Å². The van der Waals surface area contributed by atoms with E-state index in [0.717, 1.165) is 25.1 Å². The molecule has 1 saturated heterocycles. The average molecular weight is 450 g/mol. The Balaban J connectivity index is 1.03. The zero-order valence-corrected chi connectivity index (χ0v) is 19.0. The number of rotatable bonds is 7. The minimum atomic E-state index is -0.148. The molecule has 2 fully saturated rings. The number of para-hydroxylation sites is 1. The first-order valence-corrected chi connectivity index (χ1v) is 11.9. The highest BCUT2D eigenvalue weighted by atomic mass is 16.2. The van der Waals surface area contributed by atoms with Crippen molar-refractivity contribution in [2.75, 3.05) is 38.1 Å². The average Bonchev–Trinajstić information content (AvgIpc) is 3.60. The van der Waals surface area contributed by atoms with Crippen LogP contribution in [0.3, 0.4) is 0 Å². The first-order chi connectivity index (χ1) is 16.1. The van der Waals surface area contributed by atoms with Gasteiger partial charge in [0, 0.05) is 45.3 Å². The van der Waals surface area contributed by atoms with E-state index < -0.39 is 0 Å². The van der Waals surface area contributed by atoms with Gasteiger partial charge in [0.25, 0.3) is 0 Å². The molecular formula is C25H31N5O3. The predicted molar refractivity (Wildman–Crippen MR) is 126 cm³/mol. The van der Waals surface area contributed by atoms with Crippen LogP contribution in [0.25, 0.3) is 0 Å². The maximum Gasteiger partial charge on any atom is 0.233 e. The van der Waals surface area contributed by atoms with Gasteiger partial charge in [-0.25, -0.2) is 0 Å². The van der Waals surface area contributed by atoms with Gasteiger partial charge in [0.15, 0.2) is 5.96 Å². The largest absolute Gasteiger partial charge is 0.356 e. The molecule has 4 atom stereocenters. The van der Waals surface area contributed by atoms with Gasteiger partial charge < -0.3 is 15.5 Å². The van der Waals surface area contributed by atoms with Crippen LogP contribution in [0.15, 0.2) is 41.4 Å². The van der Waals surface area contributed by atoms with E-state index in [1.165, 1.54) is 10.5 Å². The van der Waals surface area contributed by atoms with Gasteiger partial charge in [-0.2, -0.15) is 0 Å². The highest BCUT2D eigenvalue weighted by Crippen LogP contribution is 2.52. The summed E-state index contributed by atoms with van der Waals surface area (Å²) in [6.07, 6.45) is 7.24. The minimum absolute atomic E-state index is 0.0198. The van der Waals surface area contributed by atoms with E-state index in [2.05, 4.69) is 33.8 Å². The second-order valence-corrected chi connectivity index (χ2v) is 9.28. The molecule has 8 nitrogen and oxygen atoms in total. The smallest absolute Gasteiger partial charge is 0.233 e.